The second-order valence-electron chi connectivity index (χ2n) is 7.58. The van der Waals surface area contributed by atoms with Gasteiger partial charge >= 0.3 is 0 Å². The van der Waals surface area contributed by atoms with Crippen LogP contribution >= 0.6 is 11.8 Å². The van der Waals surface area contributed by atoms with Crippen molar-refractivity contribution < 1.29 is 4.79 Å². The van der Waals surface area contributed by atoms with Crippen molar-refractivity contribution in [1.82, 2.24) is 30.0 Å². The molecule has 0 unspecified atom stereocenters. The molecule has 0 bridgehead atoms. The van der Waals surface area contributed by atoms with E-state index in [9.17, 15) is 4.79 Å². The summed E-state index contributed by atoms with van der Waals surface area (Å²) in [5.74, 6) is 0.893. The first-order valence-corrected chi connectivity index (χ1v) is 11.6. The summed E-state index contributed by atoms with van der Waals surface area (Å²) in [5.41, 5.74) is 2.20. The van der Waals surface area contributed by atoms with Crippen molar-refractivity contribution in [3.63, 3.8) is 0 Å². The summed E-state index contributed by atoms with van der Waals surface area (Å²) in [7, 11) is 0. The Kier molecular flexibility index (Phi) is 6.78. The van der Waals surface area contributed by atoms with Crippen LogP contribution in [0.4, 0.5) is 5.82 Å². The predicted octanol–water partition coefficient (Wildman–Crippen LogP) is 4.05. The van der Waals surface area contributed by atoms with Crippen LogP contribution in [0.25, 0.3) is 5.69 Å². The summed E-state index contributed by atoms with van der Waals surface area (Å²) in [6.45, 7) is 2.19. The van der Waals surface area contributed by atoms with Gasteiger partial charge in [0.15, 0.2) is 0 Å². The number of hydrogen-bond acceptors (Lipinski definition) is 6. The number of amides is 1. The molecule has 1 saturated carbocycles. The maximum Gasteiger partial charge on any atom is 0.235 e. The molecule has 8 nitrogen and oxygen atoms in total. The zero-order valence-electron chi connectivity index (χ0n) is 17.2. The predicted molar refractivity (Wildman–Crippen MR) is 117 cm³/mol. The minimum Gasteiger partial charge on any atom is -0.310 e. The van der Waals surface area contributed by atoms with Gasteiger partial charge in [-0.1, -0.05) is 50.1 Å². The average molecular weight is 426 g/mol. The van der Waals surface area contributed by atoms with Crippen molar-refractivity contribution in [1.29, 1.82) is 0 Å². The van der Waals surface area contributed by atoms with E-state index in [-0.39, 0.29) is 11.7 Å². The van der Waals surface area contributed by atoms with E-state index in [0.29, 0.717) is 11.2 Å². The van der Waals surface area contributed by atoms with Gasteiger partial charge in [0.1, 0.15) is 5.82 Å². The van der Waals surface area contributed by atoms with E-state index in [1.807, 2.05) is 22.9 Å². The Balaban J connectivity index is 1.35. The Morgan fingerprint density at radius 1 is 1.20 bits per heavy atom. The second-order valence-corrected chi connectivity index (χ2v) is 8.52. The Labute approximate surface area is 180 Å². The van der Waals surface area contributed by atoms with Crippen LogP contribution in [-0.4, -0.2) is 41.6 Å². The maximum atomic E-state index is 12.5. The van der Waals surface area contributed by atoms with E-state index < -0.39 is 0 Å². The number of thioether (sulfide) groups is 1. The van der Waals surface area contributed by atoms with Gasteiger partial charge in [-0.15, -0.1) is 5.10 Å². The molecule has 1 aliphatic carbocycles. The molecule has 0 spiro atoms. The molecule has 30 heavy (non-hydrogen) atoms. The van der Waals surface area contributed by atoms with Crippen LogP contribution in [0.2, 0.25) is 0 Å². The molecule has 2 heterocycles. The fourth-order valence-corrected chi connectivity index (χ4v) is 4.47. The largest absolute Gasteiger partial charge is 0.310 e. The van der Waals surface area contributed by atoms with Gasteiger partial charge in [-0.25, -0.2) is 4.68 Å². The smallest absolute Gasteiger partial charge is 0.235 e. The molecule has 3 aromatic rings. The lowest BCUT2D eigenvalue weighted by Gasteiger charge is -2.14. The van der Waals surface area contributed by atoms with Crippen LogP contribution in [0.5, 0.6) is 0 Å². The average Bonchev–Trinajstić information content (AvgIpc) is 3.52. The molecular weight excluding hydrogens is 398 g/mol. The first kappa shape index (κ1) is 20.6. The lowest BCUT2D eigenvalue weighted by Crippen LogP contribution is -2.19. The third-order valence-corrected chi connectivity index (χ3v) is 6.30. The second kappa shape index (κ2) is 9.88. The Morgan fingerprint density at radius 3 is 2.77 bits per heavy atom. The van der Waals surface area contributed by atoms with Crippen molar-refractivity contribution in [3.8, 4) is 5.69 Å². The minimum absolute atomic E-state index is 0.0933. The number of tetrazole rings is 1. The van der Waals surface area contributed by atoms with Gasteiger partial charge in [0.05, 0.1) is 23.7 Å². The van der Waals surface area contributed by atoms with Crippen LogP contribution in [-0.2, 0) is 11.2 Å². The fraction of sp³-hybridized carbons (Fsp3) is 0.476. The first-order valence-electron chi connectivity index (χ1n) is 10.6. The van der Waals surface area contributed by atoms with E-state index in [4.69, 9.17) is 0 Å². The summed E-state index contributed by atoms with van der Waals surface area (Å²) in [6.07, 6.45) is 9.85. The summed E-state index contributed by atoms with van der Waals surface area (Å²) >= 11 is 1.32. The van der Waals surface area contributed by atoms with Crippen LogP contribution in [0, 0.1) is 0 Å². The number of hydrogen-bond donors (Lipinski definition) is 1. The van der Waals surface area contributed by atoms with Crippen LogP contribution in [0.3, 0.4) is 0 Å². The van der Waals surface area contributed by atoms with Crippen molar-refractivity contribution in [2.45, 2.75) is 63.1 Å². The lowest BCUT2D eigenvalue weighted by molar-refractivity contribution is -0.113. The van der Waals surface area contributed by atoms with Gasteiger partial charge in [-0.3, -0.25) is 4.79 Å². The lowest BCUT2D eigenvalue weighted by atomic mass is 10.1. The number of anilines is 1. The molecule has 158 valence electrons. The summed E-state index contributed by atoms with van der Waals surface area (Å²) < 4.78 is 3.62. The molecule has 1 amide bonds. The summed E-state index contributed by atoms with van der Waals surface area (Å²) in [5, 5.41) is 19.9. The standard InChI is InChI=1S/C21H27N7OS/c1-2-3-6-16-9-11-18(12-10-16)28-21(24-25-26-28)30-15-20(29)23-19-13-14-22-27(19)17-7-4-5-8-17/h9-14,17H,2-8,15H2,1H3,(H,23,29). The fourth-order valence-electron chi connectivity index (χ4n) is 3.78. The SMILES string of the molecule is CCCCc1ccc(-n2nnnc2SCC(=O)Nc2ccnn2C2CCCC2)cc1. The number of aryl methyl sites for hydroxylation is 1. The highest BCUT2D eigenvalue weighted by atomic mass is 32.2. The molecule has 2 aromatic heterocycles. The molecule has 4 rings (SSSR count). The minimum atomic E-state index is -0.0933. The molecule has 1 N–H and O–H groups in total. The topological polar surface area (TPSA) is 90.5 Å². The number of carbonyl (C=O) groups is 1. The Morgan fingerprint density at radius 2 is 2.00 bits per heavy atom. The number of nitrogens with zero attached hydrogens (tertiary/aromatic N) is 6. The van der Waals surface area contributed by atoms with Gasteiger partial charge in [-0.2, -0.15) is 9.78 Å². The quantitative estimate of drug-likeness (QED) is 0.520. The Hall–Kier alpha value is -2.68. The monoisotopic (exact) mass is 425 g/mol. The third-order valence-electron chi connectivity index (χ3n) is 5.38. The summed E-state index contributed by atoms with van der Waals surface area (Å²) in [4.78, 5) is 12.5. The van der Waals surface area contributed by atoms with Gasteiger partial charge < -0.3 is 5.32 Å². The van der Waals surface area contributed by atoms with E-state index in [2.05, 4.69) is 45.0 Å². The molecular formula is C21H27N7OS. The molecule has 0 atom stereocenters. The van der Waals surface area contributed by atoms with E-state index in [1.54, 1.807) is 10.9 Å². The first-order chi connectivity index (χ1) is 14.7. The molecule has 0 aliphatic heterocycles. The number of aromatic nitrogens is 6. The van der Waals surface area contributed by atoms with Crippen molar-refractivity contribution in [2.24, 2.45) is 0 Å². The van der Waals surface area contributed by atoms with Crippen LogP contribution in [0.1, 0.15) is 57.1 Å². The number of nitrogens with one attached hydrogen (secondary N) is 1. The van der Waals surface area contributed by atoms with Crippen molar-refractivity contribution in [2.75, 3.05) is 11.1 Å². The highest BCUT2D eigenvalue weighted by Gasteiger charge is 2.21. The van der Waals surface area contributed by atoms with Gasteiger partial charge in [0, 0.05) is 6.07 Å². The third kappa shape index (κ3) is 4.89. The Bertz CT molecular complexity index is 960. The number of unbranched alkanes of at least 4 members (excludes halogenated alkanes) is 1. The van der Waals surface area contributed by atoms with Crippen molar-refractivity contribution >= 4 is 23.5 Å². The number of rotatable bonds is 9. The zero-order valence-corrected chi connectivity index (χ0v) is 18.0. The zero-order chi connectivity index (χ0) is 20.8. The molecule has 1 aliphatic rings. The summed E-state index contributed by atoms with van der Waals surface area (Å²) in [6, 6.07) is 10.5. The number of carbonyl (C=O) groups excluding carboxylic acids is 1. The van der Waals surface area contributed by atoms with Crippen molar-refractivity contribution in [3.05, 3.63) is 42.1 Å². The van der Waals surface area contributed by atoms with Crippen LogP contribution < -0.4 is 5.32 Å². The molecule has 9 heteroatoms. The molecule has 1 fully saturated rings. The molecule has 1 aromatic carbocycles. The highest BCUT2D eigenvalue weighted by Crippen LogP contribution is 2.31. The highest BCUT2D eigenvalue weighted by molar-refractivity contribution is 7.99. The van der Waals surface area contributed by atoms with E-state index in [1.165, 1.54) is 43.0 Å². The van der Waals surface area contributed by atoms with E-state index >= 15 is 0 Å². The molecule has 0 saturated heterocycles. The van der Waals surface area contributed by atoms with Gasteiger partial charge in [-0.05, 0) is 53.8 Å². The number of benzene rings is 1. The van der Waals surface area contributed by atoms with Crippen LogP contribution in [0.15, 0.2) is 41.7 Å². The maximum absolute atomic E-state index is 12.5. The van der Waals surface area contributed by atoms with Gasteiger partial charge in [0.25, 0.3) is 0 Å². The van der Waals surface area contributed by atoms with Gasteiger partial charge in [0.2, 0.25) is 11.1 Å². The van der Waals surface area contributed by atoms with E-state index in [0.717, 1.165) is 30.8 Å². The molecule has 0 radical (unpaired) electrons. The normalized spacial score (nSPS) is 14.3.